The molecule has 0 aliphatic rings. The van der Waals surface area contributed by atoms with E-state index in [1.165, 1.54) is 32.4 Å². The van der Waals surface area contributed by atoms with Gasteiger partial charge in [-0.25, -0.2) is 0 Å². The fourth-order valence-electron chi connectivity index (χ4n) is 2.08. The summed E-state index contributed by atoms with van der Waals surface area (Å²) in [5.74, 6) is 0.138. The van der Waals surface area contributed by atoms with E-state index in [0.717, 1.165) is 0 Å². The molecule has 0 saturated heterocycles. The van der Waals surface area contributed by atoms with Crippen molar-refractivity contribution in [1.82, 2.24) is 5.32 Å². The largest absolute Gasteiger partial charge is 0.496 e. The number of hydrogen-bond donors (Lipinski definition) is 2. The van der Waals surface area contributed by atoms with Gasteiger partial charge in [-0.15, -0.1) is 0 Å². The first-order valence-corrected chi connectivity index (χ1v) is 8.34. The number of ether oxygens (including phenoxy) is 2. The third kappa shape index (κ3) is 4.67. The first-order valence-electron chi connectivity index (χ1n) is 7.14. The zero-order valence-electron chi connectivity index (χ0n) is 13.7. The van der Waals surface area contributed by atoms with E-state index in [0.29, 0.717) is 21.5 Å². The number of anilines is 1. The SMILES string of the molecule is COc1cc([N+](=O)[O-])ccc1NC(=S)NC(=O)c1cc(Br)ccc1OC. The lowest BCUT2D eigenvalue weighted by molar-refractivity contribution is -0.384. The molecule has 0 unspecified atom stereocenters. The van der Waals surface area contributed by atoms with Gasteiger partial charge in [-0.05, 0) is 36.5 Å². The quantitative estimate of drug-likeness (QED) is 0.417. The fourth-order valence-corrected chi connectivity index (χ4v) is 2.64. The predicted octanol–water partition coefficient (Wildman–Crippen LogP) is 3.50. The molecule has 0 aliphatic carbocycles. The summed E-state index contributed by atoms with van der Waals surface area (Å²) in [6.45, 7) is 0. The van der Waals surface area contributed by atoms with Crippen LogP contribution in [0.15, 0.2) is 40.9 Å². The summed E-state index contributed by atoms with van der Waals surface area (Å²) in [4.78, 5) is 22.7. The van der Waals surface area contributed by atoms with E-state index in [2.05, 4.69) is 26.6 Å². The minimum absolute atomic E-state index is 0.00387. The average molecular weight is 440 g/mol. The van der Waals surface area contributed by atoms with Gasteiger partial charge in [0.05, 0.1) is 36.5 Å². The number of halogens is 1. The molecule has 0 radical (unpaired) electrons. The summed E-state index contributed by atoms with van der Waals surface area (Å²) < 4.78 is 11.0. The Morgan fingerprint density at radius 3 is 2.46 bits per heavy atom. The first kappa shape index (κ1) is 19.6. The molecular formula is C16H14BrN3O5S. The zero-order valence-corrected chi connectivity index (χ0v) is 16.1. The molecule has 0 bridgehead atoms. The van der Waals surface area contributed by atoms with Crippen LogP contribution in [0.1, 0.15) is 10.4 Å². The molecule has 0 fully saturated rings. The molecule has 2 aromatic carbocycles. The highest BCUT2D eigenvalue weighted by molar-refractivity contribution is 9.10. The highest BCUT2D eigenvalue weighted by Crippen LogP contribution is 2.29. The Morgan fingerprint density at radius 2 is 1.85 bits per heavy atom. The minimum Gasteiger partial charge on any atom is -0.496 e. The van der Waals surface area contributed by atoms with Gasteiger partial charge in [0, 0.05) is 10.5 Å². The van der Waals surface area contributed by atoms with Crippen LogP contribution in [0.2, 0.25) is 0 Å². The minimum atomic E-state index is -0.536. The van der Waals surface area contributed by atoms with Crippen molar-refractivity contribution in [2.75, 3.05) is 19.5 Å². The van der Waals surface area contributed by atoms with Crippen molar-refractivity contribution in [2.24, 2.45) is 0 Å². The van der Waals surface area contributed by atoms with Crippen molar-refractivity contribution in [2.45, 2.75) is 0 Å². The van der Waals surface area contributed by atoms with E-state index in [-0.39, 0.29) is 16.5 Å². The van der Waals surface area contributed by atoms with Crippen LogP contribution >= 0.6 is 28.1 Å². The van der Waals surface area contributed by atoms with Gasteiger partial charge in [0.25, 0.3) is 11.6 Å². The van der Waals surface area contributed by atoms with Crippen molar-refractivity contribution < 1.29 is 19.2 Å². The van der Waals surface area contributed by atoms with Crippen molar-refractivity contribution >= 4 is 50.5 Å². The summed E-state index contributed by atoms with van der Waals surface area (Å²) in [6, 6.07) is 8.98. The maximum absolute atomic E-state index is 12.4. The van der Waals surface area contributed by atoms with Crippen LogP contribution in [0.5, 0.6) is 11.5 Å². The number of nitrogens with one attached hydrogen (secondary N) is 2. The number of carbonyl (C=O) groups is 1. The van der Waals surface area contributed by atoms with Gasteiger partial charge in [0.15, 0.2) is 5.11 Å². The molecule has 10 heteroatoms. The normalized spacial score (nSPS) is 9.96. The number of non-ortho nitro benzene ring substituents is 1. The smallest absolute Gasteiger partial charge is 0.273 e. The Labute approximate surface area is 162 Å². The van der Waals surface area contributed by atoms with Crippen LogP contribution in [0.25, 0.3) is 0 Å². The van der Waals surface area contributed by atoms with E-state index in [4.69, 9.17) is 21.7 Å². The third-order valence-corrected chi connectivity index (χ3v) is 3.97. The zero-order chi connectivity index (χ0) is 19.3. The van der Waals surface area contributed by atoms with Crippen molar-refractivity contribution in [1.29, 1.82) is 0 Å². The number of methoxy groups -OCH3 is 2. The highest BCUT2D eigenvalue weighted by atomic mass is 79.9. The Kier molecular flexibility index (Phi) is 6.47. The van der Waals surface area contributed by atoms with Gasteiger partial charge in [-0.1, -0.05) is 15.9 Å². The van der Waals surface area contributed by atoms with Crippen LogP contribution in [0.4, 0.5) is 11.4 Å². The number of hydrogen-bond acceptors (Lipinski definition) is 6. The van der Waals surface area contributed by atoms with Crippen LogP contribution < -0.4 is 20.1 Å². The van der Waals surface area contributed by atoms with Gasteiger partial charge in [-0.3, -0.25) is 20.2 Å². The molecule has 0 aromatic heterocycles. The van der Waals surface area contributed by atoms with Crippen LogP contribution in [0.3, 0.4) is 0 Å². The van der Waals surface area contributed by atoms with Gasteiger partial charge in [-0.2, -0.15) is 0 Å². The molecule has 26 heavy (non-hydrogen) atoms. The summed E-state index contributed by atoms with van der Waals surface area (Å²) >= 11 is 8.43. The third-order valence-electron chi connectivity index (χ3n) is 3.28. The summed E-state index contributed by atoms with van der Waals surface area (Å²) in [5, 5.41) is 16.1. The van der Waals surface area contributed by atoms with Crippen LogP contribution in [0, 0.1) is 10.1 Å². The van der Waals surface area contributed by atoms with Gasteiger partial charge < -0.3 is 14.8 Å². The lowest BCUT2D eigenvalue weighted by Gasteiger charge is -2.14. The number of nitrogens with zero attached hydrogens (tertiary/aromatic N) is 1. The summed E-state index contributed by atoms with van der Waals surface area (Å²) in [5.41, 5.74) is 0.549. The number of nitro benzene ring substituents is 1. The number of thiocarbonyl (C=S) groups is 1. The van der Waals surface area contributed by atoms with Gasteiger partial charge >= 0.3 is 0 Å². The Hall–Kier alpha value is -2.72. The fraction of sp³-hybridized carbons (Fsp3) is 0.125. The predicted molar refractivity (Wildman–Crippen MR) is 104 cm³/mol. The lowest BCUT2D eigenvalue weighted by Crippen LogP contribution is -2.34. The van der Waals surface area contributed by atoms with Crippen LogP contribution in [-0.2, 0) is 0 Å². The summed E-state index contributed by atoms with van der Waals surface area (Å²) in [6.07, 6.45) is 0. The van der Waals surface area contributed by atoms with E-state index < -0.39 is 10.8 Å². The van der Waals surface area contributed by atoms with Crippen molar-refractivity contribution in [3.63, 3.8) is 0 Å². The number of amides is 1. The van der Waals surface area contributed by atoms with E-state index in [9.17, 15) is 14.9 Å². The topological polar surface area (TPSA) is 103 Å². The highest BCUT2D eigenvalue weighted by Gasteiger charge is 2.16. The number of nitro groups is 1. The van der Waals surface area contributed by atoms with Crippen molar-refractivity contribution in [3.05, 3.63) is 56.5 Å². The van der Waals surface area contributed by atoms with E-state index >= 15 is 0 Å². The molecule has 0 atom stereocenters. The number of benzene rings is 2. The Bertz CT molecular complexity index is 875. The van der Waals surface area contributed by atoms with Gasteiger partial charge in [0.2, 0.25) is 0 Å². The first-order chi connectivity index (χ1) is 12.3. The van der Waals surface area contributed by atoms with E-state index in [1.54, 1.807) is 18.2 Å². The second-order valence-electron chi connectivity index (χ2n) is 4.89. The maximum Gasteiger partial charge on any atom is 0.273 e. The molecule has 0 saturated carbocycles. The van der Waals surface area contributed by atoms with E-state index in [1.807, 2.05) is 0 Å². The molecule has 2 rings (SSSR count). The molecule has 8 nitrogen and oxygen atoms in total. The maximum atomic E-state index is 12.4. The lowest BCUT2D eigenvalue weighted by atomic mass is 10.2. The Morgan fingerprint density at radius 1 is 1.15 bits per heavy atom. The molecule has 0 aliphatic heterocycles. The van der Waals surface area contributed by atoms with Crippen LogP contribution in [-0.4, -0.2) is 30.2 Å². The molecular weight excluding hydrogens is 426 g/mol. The second kappa shape index (κ2) is 8.59. The molecule has 0 spiro atoms. The molecule has 0 heterocycles. The summed E-state index contributed by atoms with van der Waals surface area (Å²) in [7, 11) is 2.83. The second-order valence-corrected chi connectivity index (χ2v) is 6.22. The molecule has 2 N–H and O–H groups in total. The van der Waals surface area contributed by atoms with Gasteiger partial charge in [0.1, 0.15) is 11.5 Å². The Balaban J connectivity index is 2.15. The molecule has 2 aromatic rings. The monoisotopic (exact) mass is 439 g/mol. The number of carbonyl (C=O) groups excluding carboxylic acids is 1. The molecule has 136 valence electrons. The standard InChI is InChI=1S/C16H14BrN3O5S/c1-24-13-6-3-9(17)7-11(13)15(21)19-16(26)18-12-5-4-10(20(22)23)8-14(12)25-2/h3-8H,1-2H3,(H2,18,19,21,26). The molecule has 1 amide bonds. The van der Waals surface area contributed by atoms with Crippen molar-refractivity contribution in [3.8, 4) is 11.5 Å². The average Bonchev–Trinajstić information content (AvgIpc) is 2.61. The number of rotatable bonds is 5.